The number of nitrogens with zero attached hydrogens (tertiary/aromatic N) is 3. The minimum Gasteiger partial charge on any atom is -0.492 e. The molecule has 0 aliphatic carbocycles. The van der Waals surface area contributed by atoms with Gasteiger partial charge < -0.3 is 14.2 Å². The van der Waals surface area contributed by atoms with E-state index in [1.165, 1.54) is 5.56 Å². The molecule has 0 N–H and O–H groups in total. The molecule has 1 saturated heterocycles. The maximum absolute atomic E-state index is 12.8. The maximum Gasteiger partial charge on any atom is 0.227 e. The highest BCUT2D eigenvalue weighted by Crippen LogP contribution is 2.33. The van der Waals surface area contributed by atoms with Crippen molar-refractivity contribution in [2.45, 2.75) is 25.8 Å². The number of fused-ring (bicyclic) bond motifs is 1. The summed E-state index contributed by atoms with van der Waals surface area (Å²) < 4.78 is 8.19. The number of carbonyl (C=O) groups is 1. The molecule has 1 fully saturated rings. The zero-order chi connectivity index (χ0) is 22.1. The second kappa shape index (κ2) is 8.67. The smallest absolute Gasteiger partial charge is 0.227 e. The van der Waals surface area contributed by atoms with Gasteiger partial charge in [0, 0.05) is 29.6 Å². The van der Waals surface area contributed by atoms with Crippen LogP contribution in [-0.2, 0) is 11.3 Å². The topological polar surface area (TPSA) is 47.4 Å². The third-order valence-corrected chi connectivity index (χ3v) is 6.17. The number of hydrogen-bond acceptors (Lipinski definition) is 3. The summed E-state index contributed by atoms with van der Waals surface area (Å²) in [4.78, 5) is 19.6. The van der Waals surface area contributed by atoms with Gasteiger partial charge in [-0.05, 0) is 55.5 Å². The molecule has 3 aromatic carbocycles. The van der Waals surface area contributed by atoms with Gasteiger partial charge in [0.15, 0.2) is 0 Å². The molecule has 0 bridgehead atoms. The number of halogens is 1. The van der Waals surface area contributed by atoms with Crippen LogP contribution in [0.5, 0.6) is 5.75 Å². The number of para-hydroxylation sites is 2. The predicted molar refractivity (Wildman–Crippen MR) is 128 cm³/mol. The van der Waals surface area contributed by atoms with E-state index in [1.54, 1.807) is 0 Å². The molecule has 0 saturated carbocycles. The van der Waals surface area contributed by atoms with Gasteiger partial charge in [-0.15, -0.1) is 0 Å². The number of benzene rings is 3. The van der Waals surface area contributed by atoms with E-state index < -0.39 is 0 Å². The molecule has 1 aliphatic rings. The van der Waals surface area contributed by atoms with Gasteiger partial charge in [0.2, 0.25) is 5.91 Å². The fourth-order valence-electron chi connectivity index (χ4n) is 4.28. The predicted octanol–water partition coefficient (Wildman–Crippen LogP) is 5.60. The van der Waals surface area contributed by atoms with Crippen LogP contribution in [0.2, 0.25) is 5.02 Å². The van der Waals surface area contributed by atoms with Crippen molar-refractivity contribution < 1.29 is 9.53 Å². The van der Waals surface area contributed by atoms with E-state index in [2.05, 4.69) is 17.6 Å². The zero-order valence-electron chi connectivity index (χ0n) is 17.9. The molecule has 162 valence electrons. The van der Waals surface area contributed by atoms with Crippen molar-refractivity contribution in [3.63, 3.8) is 0 Å². The molecule has 4 aromatic rings. The molecule has 1 amide bonds. The Bertz CT molecular complexity index is 1250. The first-order valence-corrected chi connectivity index (χ1v) is 11.2. The fraction of sp³-hybridized carbons (Fsp3) is 0.231. The summed E-state index contributed by atoms with van der Waals surface area (Å²) in [5, 5.41) is 0.660. The van der Waals surface area contributed by atoms with Gasteiger partial charge in [-0.3, -0.25) is 4.79 Å². The van der Waals surface area contributed by atoms with Crippen LogP contribution in [0, 0.1) is 6.92 Å². The SMILES string of the molecule is Cc1ccc(OCCn2c(C3CC(=O)N(c4ccc(Cl)cc4)C3)nc3ccccc32)cc1. The molecular formula is C26H24ClN3O2. The number of rotatable bonds is 6. The normalized spacial score (nSPS) is 16.1. The van der Waals surface area contributed by atoms with Gasteiger partial charge in [0.1, 0.15) is 18.2 Å². The summed E-state index contributed by atoms with van der Waals surface area (Å²) in [7, 11) is 0. The number of aromatic nitrogens is 2. The summed E-state index contributed by atoms with van der Waals surface area (Å²) in [6, 6.07) is 23.6. The van der Waals surface area contributed by atoms with Crippen LogP contribution in [0.15, 0.2) is 72.8 Å². The Hall–Kier alpha value is -3.31. The molecule has 1 atom stereocenters. The van der Waals surface area contributed by atoms with Crippen molar-refractivity contribution in [3.05, 3.63) is 89.2 Å². The summed E-state index contributed by atoms with van der Waals surface area (Å²) in [6.45, 7) is 3.85. The third kappa shape index (κ3) is 4.08. The second-order valence-electron chi connectivity index (χ2n) is 8.15. The summed E-state index contributed by atoms with van der Waals surface area (Å²) >= 11 is 6.02. The minimum atomic E-state index is 0.0185. The molecular weight excluding hydrogens is 422 g/mol. The number of ether oxygens (including phenoxy) is 1. The van der Waals surface area contributed by atoms with Crippen molar-refractivity contribution in [1.29, 1.82) is 0 Å². The van der Waals surface area contributed by atoms with E-state index in [4.69, 9.17) is 21.3 Å². The highest BCUT2D eigenvalue weighted by atomic mass is 35.5. The lowest BCUT2D eigenvalue weighted by atomic mass is 10.1. The lowest BCUT2D eigenvalue weighted by molar-refractivity contribution is -0.117. The molecule has 1 unspecified atom stereocenters. The van der Waals surface area contributed by atoms with E-state index in [0.717, 1.165) is 28.3 Å². The van der Waals surface area contributed by atoms with E-state index in [0.29, 0.717) is 31.1 Å². The lowest BCUT2D eigenvalue weighted by Gasteiger charge is -2.17. The van der Waals surface area contributed by atoms with Crippen LogP contribution < -0.4 is 9.64 Å². The Balaban J connectivity index is 1.39. The van der Waals surface area contributed by atoms with Crippen molar-refractivity contribution in [1.82, 2.24) is 9.55 Å². The van der Waals surface area contributed by atoms with Gasteiger partial charge in [-0.1, -0.05) is 41.4 Å². The Kier molecular flexibility index (Phi) is 5.58. The van der Waals surface area contributed by atoms with Crippen LogP contribution in [0.4, 0.5) is 5.69 Å². The van der Waals surface area contributed by atoms with Crippen molar-refractivity contribution >= 4 is 34.2 Å². The van der Waals surface area contributed by atoms with Gasteiger partial charge in [-0.2, -0.15) is 0 Å². The Labute approximate surface area is 192 Å². The Morgan fingerprint density at radius 3 is 2.56 bits per heavy atom. The highest BCUT2D eigenvalue weighted by Gasteiger charge is 2.34. The monoisotopic (exact) mass is 445 g/mol. The number of anilines is 1. The van der Waals surface area contributed by atoms with Crippen molar-refractivity contribution in [2.75, 3.05) is 18.1 Å². The number of carbonyl (C=O) groups excluding carboxylic acids is 1. The van der Waals surface area contributed by atoms with E-state index in [9.17, 15) is 4.79 Å². The molecule has 6 heteroatoms. The van der Waals surface area contributed by atoms with Crippen LogP contribution >= 0.6 is 11.6 Å². The lowest BCUT2D eigenvalue weighted by Crippen LogP contribution is -2.24. The molecule has 0 spiro atoms. The number of amides is 1. The number of aryl methyl sites for hydroxylation is 1. The van der Waals surface area contributed by atoms with Crippen LogP contribution in [0.3, 0.4) is 0 Å². The fourth-order valence-corrected chi connectivity index (χ4v) is 4.41. The molecule has 0 radical (unpaired) electrons. The largest absolute Gasteiger partial charge is 0.492 e. The first kappa shape index (κ1) is 20.6. The second-order valence-corrected chi connectivity index (χ2v) is 8.59. The van der Waals surface area contributed by atoms with E-state index >= 15 is 0 Å². The van der Waals surface area contributed by atoms with Gasteiger partial charge >= 0.3 is 0 Å². The first-order chi connectivity index (χ1) is 15.6. The average molecular weight is 446 g/mol. The highest BCUT2D eigenvalue weighted by molar-refractivity contribution is 6.30. The zero-order valence-corrected chi connectivity index (χ0v) is 18.6. The summed E-state index contributed by atoms with van der Waals surface area (Å²) in [5.74, 6) is 1.91. The Morgan fingerprint density at radius 2 is 1.78 bits per heavy atom. The van der Waals surface area contributed by atoms with Crippen molar-refractivity contribution in [2.24, 2.45) is 0 Å². The first-order valence-electron chi connectivity index (χ1n) is 10.8. The molecule has 1 aromatic heterocycles. The van der Waals surface area contributed by atoms with Crippen LogP contribution in [0.1, 0.15) is 23.7 Å². The van der Waals surface area contributed by atoms with Crippen LogP contribution in [-0.4, -0.2) is 28.6 Å². The molecule has 2 heterocycles. The average Bonchev–Trinajstić information content (AvgIpc) is 3.36. The molecule has 1 aliphatic heterocycles. The number of imidazole rings is 1. The Morgan fingerprint density at radius 1 is 1.03 bits per heavy atom. The quantitative estimate of drug-likeness (QED) is 0.388. The standard InChI is InChI=1S/C26H24ClN3O2/c1-18-6-12-22(13-7-18)32-15-14-29-24-5-3-2-4-23(24)28-26(29)19-16-25(31)30(17-19)21-10-8-20(27)9-11-21/h2-13,19H,14-17H2,1H3. The summed E-state index contributed by atoms with van der Waals surface area (Å²) in [5.41, 5.74) is 4.08. The molecule has 5 rings (SSSR count). The summed E-state index contributed by atoms with van der Waals surface area (Å²) in [6.07, 6.45) is 0.435. The van der Waals surface area contributed by atoms with E-state index in [1.807, 2.05) is 71.6 Å². The minimum absolute atomic E-state index is 0.0185. The molecule has 5 nitrogen and oxygen atoms in total. The van der Waals surface area contributed by atoms with Crippen molar-refractivity contribution in [3.8, 4) is 5.75 Å². The van der Waals surface area contributed by atoms with Crippen LogP contribution in [0.25, 0.3) is 11.0 Å². The van der Waals surface area contributed by atoms with Gasteiger partial charge in [-0.25, -0.2) is 4.98 Å². The van der Waals surface area contributed by atoms with Gasteiger partial charge in [0.05, 0.1) is 17.6 Å². The molecule has 32 heavy (non-hydrogen) atoms. The van der Waals surface area contributed by atoms with E-state index in [-0.39, 0.29) is 11.8 Å². The maximum atomic E-state index is 12.8. The third-order valence-electron chi connectivity index (χ3n) is 5.92. The van der Waals surface area contributed by atoms with Gasteiger partial charge in [0.25, 0.3) is 0 Å². The number of hydrogen-bond donors (Lipinski definition) is 0.